The Morgan fingerprint density at radius 1 is 1.17 bits per heavy atom. The summed E-state index contributed by atoms with van der Waals surface area (Å²) in [6.07, 6.45) is 0. The monoisotopic (exact) mass is 331 g/mol. The van der Waals surface area contributed by atoms with E-state index in [9.17, 15) is 5.11 Å². The topological polar surface area (TPSA) is 56.7 Å². The lowest BCUT2D eigenvalue weighted by molar-refractivity contribution is 0.475. The fourth-order valence-electron chi connectivity index (χ4n) is 2.20. The number of rotatable bonds is 5. The van der Waals surface area contributed by atoms with Crippen LogP contribution in [-0.2, 0) is 6.54 Å². The standard InChI is InChI=1S/C18H22ClN3O/c1-3-20-18(21-12-14-8-10-15(23)11-9-14)22-13(2)16-6-4-5-7-17(16)19/h4-11,13,23H,3,12H2,1-2H3,(H2,20,21,22). The summed E-state index contributed by atoms with van der Waals surface area (Å²) in [5.41, 5.74) is 2.06. The van der Waals surface area contributed by atoms with Crippen molar-refractivity contribution in [3.8, 4) is 5.75 Å². The van der Waals surface area contributed by atoms with E-state index in [1.807, 2.05) is 43.3 Å². The maximum atomic E-state index is 9.32. The van der Waals surface area contributed by atoms with Gasteiger partial charge in [0.05, 0.1) is 12.6 Å². The molecule has 1 unspecified atom stereocenters. The molecule has 0 radical (unpaired) electrons. The van der Waals surface area contributed by atoms with E-state index in [1.54, 1.807) is 12.1 Å². The minimum atomic E-state index is 0.0429. The minimum Gasteiger partial charge on any atom is -0.508 e. The lowest BCUT2D eigenvalue weighted by Gasteiger charge is -2.19. The normalized spacial score (nSPS) is 12.7. The molecule has 0 aliphatic heterocycles. The van der Waals surface area contributed by atoms with Crippen molar-refractivity contribution in [1.29, 1.82) is 0 Å². The van der Waals surface area contributed by atoms with E-state index in [1.165, 1.54) is 0 Å². The first-order valence-electron chi connectivity index (χ1n) is 7.67. The van der Waals surface area contributed by atoms with Crippen molar-refractivity contribution in [2.75, 3.05) is 6.54 Å². The third-order valence-corrected chi connectivity index (χ3v) is 3.77. The summed E-state index contributed by atoms with van der Waals surface area (Å²) < 4.78 is 0. The molecule has 0 aromatic heterocycles. The molecule has 4 nitrogen and oxygen atoms in total. The number of nitrogens with zero attached hydrogens (tertiary/aromatic N) is 1. The average molecular weight is 332 g/mol. The predicted octanol–water partition coefficient (Wildman–Crippen LogP) is 3.86. The van der Waals surface area contributed by atoms with Crippen molar-refractivity contribution in [2.45, 2.75) is 26.4 Å². The summed E-state index contributed by atoms with van der Waals surface area (Å²) in [6.45, 7) is 5.38. The second-order valence-corrected chi connectivity index (χ2v) is 5.66. The summed E-state index contributed by atoms with van der Waals surface area (Å²) in [5, 5.41) is 16.6. The largest absolute Gasteiger partial charge is 0.508 e. The van der Waals surface area contributed by atoms with Crippen molar-refractivity contribution < 1.29 is 5.11 Å². The fraction of sp³-hybridized carbons (Fsp3) is 0.278. The second-order valence-electron chi connectivity index (χ2n) is 5.25. The van der Waals surface area contributed by atoms with Crippen molar-refractivity contribution in [3.63, 3.8) is 0 Å². The number of phenols is 1. The SMILES string of the molecule is CCNC(=NCc1ccc(O)cc1)NC(C)c1ccccc1Cl. The molecule has 0 saturated heterocycles. The van der Waals surface area contributed by atoms with E-state index in [4.69, 9.17) is 11.6 Å². The Hall–Kier alpha value is -2.20. The quantitative estimate of drug-likeness (QED) is 0.576. The van der Waals surface area contributed by atoms with Crippen LogP contribution in [0.1, 0.15) is 31.0 Å². The second kappa shape index (κ2) is 8.44. The molecule has 0 bridgehead atoms. The Morgan fingerprint density at radius 2 is 1.87 bits per heavy atom. The summed E-state index contributed by atoms with van der Waals surface area (Å²) in [4.78, 5) is 4.58. The zero-order valence-corrected chi connectivity index (χ0v) is 14.1. The third-order valence-electron chi connectivity index (χ3n) is 3.43. The summed E-state index contributed by atoms with van der Waals surface area (Å²) in [7, 11) is 0. The highest BCUT2D eigenvalue weighted by Crippen LogP contribution is 2.22. The van der Waals surface area contributed by atoms with Crippen LogP contribution in [0.3, 0.4) is 0 Å². The van der Waals surface area contributed by atoms with Crippen molar-refractivity contribution in [3.05, 3.63) is 64.7 Å². The third kappa shape index (κ3) is 5.18. The fourth-order valence-corrected chi connectivity index (χ4v) is 2.50. The lowest BCUT2D eigenvalue weighted by Crippen LogP contribution is -2.38. The van der Waals surface area contributed by atoms with Crippen LogP contribution in [0.25, 0.3) is 0 Å². The molecule has 2 aromatic carbocycles. The summed E-state index contributed by atoms with van der Waals surface area (Å²) in [6, 6.07) is 14.9. The Labute approximate surface area is 142 Å². The number of benzene rings is 2. The van der Waals surface area contributed by atoms with Crippen molar-refractivity contribution in [1.82, 2.24) is 10.6 Å². The molecule has 2 aromatic rings. The van der Waals surface area contributed by atoms with Crippen LogP contribution < -0.4 is 10.6 Å². The molecule has 0 heterocycles. The first-order valence-corrected chi connectivity index (χ1v) is 8.05. The maximum absolute atomic E-state index is 9.32. The van der Waals surface area contributed by atoms with Gasteiger partial charge in [0.2, 0.25) is 0 Å². The molecule has 3 N–H and O–H groups in total. The Balaban J connectivity index is 2.07. The molecule has 0 aliphatic carbocycles. The maximum Gasteiger partial charge on any atom is 0.192 e. The molecule has 5 heteroatoms. The Bertz CT molecular complexity index is 656. The molecule has 1 atom stereocenters. The smallest absolute Gasteiger partial charge is 0.192 e. The van der Waals surface area contributed by atoms with Gasteiger partial charge >= 0.3 is 0 Å². The van der Waals surface area contributed by atoms with E-state index in [2.05, 4.69) is 22.5 Å². The van der Waals surface area contributed by atoms with Gasteiger partial charge < -0.3 is 15.7 Å². The zero-order valence-electron chi connectivity index (χ0n) is 13.4. The molecular formula is C18H22ClN3O. The number of aromatic hydroxyl groups is 1. The predicted molar refractivity (Wildman–Crippen MR) is 95.9 cm³/mol. The van der Waals surface area contributed by atoms with E-state index >= 15 is 0 Å². The highest BCUT2D eigenvalue weighted by molar-refractivity contribution is 6.31. The molecule has 0 spiro atoms. The highest BCUT2D eigenvalue weighted by atomic mass is 35.5. The zero-order chi connectivity index (χ0) is 16.7. The van der Waals surface area contributed by atoms with E-state index in [0.717, 1.165) is 28.7 Å². The van der Waals surface area contributed by atoms with Gasteiger partial charge in [-0.2, -0.15) is 0 Å². The number of hydrogen-bond donors (Lipinski definition) is 3. The molecule has 122 valence electrons. The number of phenolic OH excluding ortho intramolecular Hbond substituents is 1. The van der Waals surface area contributed by atoms with Gasteiger partial charge in [-0.05, 0) is 43.2 Å². The summed E-state index contributed by atoms with van der Waals surface area (Å²) in [5.74, 6) is 0.989. The highest BCUT2D eigenvalue weighted by Gasteiger charge is 2.10. The van der Waals surface area contributed by atoms with Crippen LogP contribution in [0, 0.1) is 0 Å². The first kappa shape index (κ1) is 17.2. The van der Waals surface area contributed by atoms with Gasteiger partial charge in [0.25, 0.3) is 0 Å². The van der Waals surface area contributed by atoms with E-state index < -0.39 is 0 Å². The molecular weight excluding hydrogens is 310 g/mol. The molecule has 0 aliphatic rings. The lowest BCUT2D eigenvalue weighted by atomic mass is 10.1. The van der Waals surface area contributed by atoms with E-state index in [-0.39, 0.29) is 11.8 Å². The van der Waals surface area contributed by atoms with Gasteiger partial charge in [-0.3, -0.25) is 0 Å². The number of guanidine groups is 1. The van der Waals surface area contributed by atoms with Gasteiger partial charge in [-0.15, -0.1) is 0 Å². The Kier molecular flexibility index (Phi) is 6.29. The first-order chi connectivity index (χ1) is 11.1. The van der Waals surface area contributed by atoms with E-state index in [0.29, 0.717) is 6.54 Å². The van der Waals surface area contributed by atoms with Crippen molar-refractivity contribution in [2.24, 2.45) is 4.99 Å². The van der Waals surface area contributed by atoms with Gasteiger partial charge in [0, 0.05) is 11.6 Å². The average Bonchev–Trinajstić information content (AvgIpc) is 2.54. The number of hydrogen-bond acceptors (Lipinski definition) is 2. The van der Waals surface area contributed by atoms with Gasteiger partial charge in [0.1, 0.15) is 5.75 Å². The van der Waals surface area contributed by atoms with Crippen LogP contribution in [0.5, 0.6) is 5.75 Å². The number of aliphatic imine (C=N–C) groups is 1. The molecule has 2 rings (SSSR count). The number of nitrogens with one attached hydrogen (secondary N) is 2. The molecule has 23 heavy (non-hydrogen) atoms. The molecule has 0 fully saturated rings. The molecule has 0 amide bonds. The van der Waals surface area contributed by atoms with Gasteiger partial charge in [-0.25, -0.2) is 4.99 Å². The number of halogens is 1. The van der Waals surface area contributed by atoms with Crippen LogP contribution >= 0.6 is 11.6 Å². The van der Waals surface area contributed by atoms with Crippen molar-refractivity contribution >= 4 is 17.6 Å². The van der Waals surface area contributed by atoms with Crippen LogP contribution in [0.15, 0.2) is 53.5 Å². The van der Waals surface area contributed by atoms with Gasteiger partial charge in [-0.1, -0.05) is 41.9 Å². The van der Waals surface area contributed by atoms with Gasteiger partial charge in [0.15, 0.2) is 5.96 Å². The molecule has 0 saturated carbocycles. The van der Waals surface area contributed by atoms with Crippen LogP contribution in [0.2, 0.25) is 5.02 Å². The summed E-state index contributed by atoms with van der Waals surface area (Å²) >= 11 is 6.24. The van der Waals surface area contributed by atoms with Crippen LogP contribution in [0.4, 0.5) is 0 Å². The Morgan fingerprint density at radius 3 is 2.52 bits per heavy atom. The minimum absolute atomic E-state index is 0.0429. The van der Waals surface area contributed by atoms with Crippen LogP contribution in [-0.4, -0.2) is 17.6 Å².